The van der Waals surface area contributed by atoms with E-state index in [0.29, 0.717) is 43.4 Å². The van der Waals surface area contributed by atoms with Gasteiger partial charge in [0.1, 0.15) is 11.8 Å². The van der Waals surface area contributed by atoms with E-state index in [9.17, 15) is 9.59 Å². The summed E-state index contributed by atoms with van der Waals surface area (Å²) in [6.45, 7) is 3.31. The van der Waals surface area contributed by atoms with Crippen molar-refractivity contribution in [3.05, 3.63) is 54.8 Å². The molecule has 1 amide bonds. The molecule has 8 heteroatoms. The zero-order valence-electron chi connectivity index (χ0n) is 19.0. The van der Waals surface area contributed by atoms with Crippen LogP contribution in [0.4, 0.5) is 0 Å². The summed E-state index contributed by atoms with van der Waals surface area (Å²) in [5.41, 5.74) is 1.88. The normalized spacial score (nSPS) is 14.6. The SMILES string of the molecule is CCC(=O)CCCCCC(NC(=O)C1CNC1)c1ncc(-c2ccc(-n3cccn3)cc2)o1. The number of rotatable bonds is 12. The Hall–Kier alpha value is -3.26. The van der Waals surface area contributed by atoms with Crippen LogP contribution in [0, 0.1) is 5.92 Å². The van der Waals surface area contributed by atoms with Crippen LogP contribution >= 0.6 is 0 Å². The molecular formula is C25H31N5O3. The first kappa shape index (κ1) is 22.9. The minimum absolute atomic E-state index is 0.000973. The highest BCUT2D eigenvalue weighted by Gasteiger charge is 2.28. The molecule has 1 saturated heterocycles. The lowest BCUT2D eigenvalue weighted by Gasteiger charge is -2.27. The molecule has 0 aliphatic carbocycles. The van der Waals surface area contributed by atoms with Gasteiger partial charge in [0.05, 0.1) is 17.8 Å². The van der Waals surface area contributed by atoms with Crippen molar-refractivity contribution in [3.63, 3.8) is 0 Å². The van der Waals surface area contributed by atoms with Crippen molar-refractivity contribution < 1.29 is 14.0 Å². The molecule has 8 nitrogen and oxygen atoms in total. The molecule has 1 fully saturated rings. The molecule has 1 aromatic carbocycles. The summed E-state index contributed by atoms with van der Waals surface area (Å²) in [6, 6.07) is 9.50. The van der Waals surface area contributed by atoms with Crippen LogP contribution < -0.4 is 10.6 Å². The number of aromatic nitrogens is 3. The van der Waals surface area contributed by atoms with Crippen LogP contribution in [0.2, 0.25) is 0 Å². The van der Waals surface area contributed by atoms with Crippen LogP contribution in [0.3, 0.4) is 0 Å². The van der Waals surface area contributed by atoms with E-state index in [0.717, 1.165) is 36.9 Å². The Morgan fingerprint density at radius 3 is 2.70 bits per heavy atom. The predicted molar refractivity (Wildman–Crippen MR) is 125 cm³/mol. The summed E-state index contributed by atoms with van der Waals surface area (Å²) in [7, 11) is 0. The molecule has 3 aromatic rings. The standard InChI is InChI=1S/C25H31N5O3/c1-2-21(31)7-4-3-5-8-22(29-24(32)19-15-26-16-19)25-27-17-23(33-25)18-9-11-20(12-10-18)30-14-6-13-28-30/h6,9-14,17,19,22,26H,2-5,7-8,15-16H2,1H3,(H,29,32). The molecule has 1 aliphatic heterocycles. The zero-order chi connectivity index (χ0) is 23.0. The second kappa shape index (κ2) is 11.0. The van der Waals surface area contributed by atoms with Crippen LogP contribution in [0.15, 0.2) is 53.3 Å². The Kier molecular flexibility index (Phi) is 7.67. The van der Waals surface area contributed by atoms with Gasteiger partial charge in [-0.05, 0) is 43.2 Å². The molecule has 2 aromatic heterocycles. The van der Waals surface area contributed by atoms with Gasteiger partial charge in [-0.1, -0.05) is 19.8 Å². The first-order valence-electron chi connectivity index (χ1n) is 11.7. The van der Waals surface area contributed by atoms with Gasteiger partial charge in [-0.25, -0.2) is 9.67 Å². The lowest BCUT2D eigenvalue weighted by atomic mass is 10.0. The van der Waals surface area contributed by atoms with Crippen molar-refractivity contribution in [2.75, 3.05) is 13.1 Å². The Labute approximate surface area is 193 Å². The second-order valence-corrected chi connectivity index (χ2v) is 8.47. The van der Waals surface area contributed by atoms with Gasteiger partial charge < -0.3 is 15.1 Å². The molecule has 0 spiro atoms. The molecule has 0 radical (unpaired) electrons. The molecule has 0 saturated carbocycles. The fourth-order valence-corrected chi connectivity index (χ4v) is 3.83. The van der Waals surface area contributed by atoms with Gasteiger partial charge in [0.25, 0.3) is 0 Å². The van der Waals surface area contributed by atoms with Crippen molar-refractivity contribution in [1.82, 2.24) is 25.4 Å². The molecular weight excluding hydrogens is 418 g/mol. The number of oxazole rings is 1. The van der Waals surface area contributed by atoms with Crippen molar-refractivity contribution in [3.8, 4) is 17.0 Å². The monoisotopic (exact) mass is 449 g/mol. The van der Waals surface area contributed by atoms with E-state index in [1.807, 2.05) is 43.5 Å². The smallest absolute Gasteiger partial charge is 0.226 e. The lowest BCUT2D eigenvalue weighted by Crippen LogP contribution is -2.51. The first-order chi connectivity index (χ1) is 16.1. The summed E-state index contributed by atoms with van der Waals surface area (Å²) in [5, 5.41) is 10.5. The van der Waals surface area contributed by atoms with Crippen molar-refractivity contribution in [1.29, 1.82) is 0 Å². The summed E-state index contributed by atoms with van der Waals surface area (Å²) in [5.74, 6) is 1.51. The number of Topliss-reactive ketones (excluding diaryl/α,β-unsaturated/α-hetero) is 1. The van der Waals surface area contributed by atoms with E-state index in [2.05, 4.69) is 20.7 Å². The maximum Gasteiger partial charge on any atom is 0.226 e. The third-order valence-corrected chi connectivity index (χ3v) is 6.05. The average molecular weight is 450 g/mol. The van der Waals surface area contributed by atoms with Crippen LogP contribution in [0.25, 0.3) is 17.0 Å². The summed E-state index contributed by atoms with van der Waals surface area (Å²) < 4.78 is 7.89. The number of benzene rings is 1. The molecule has 2 N–H and O–H groups in total. The van der Waals surface area contributed by atoms with Gasteiger partial charge in [-0.2, -0.15) is 5.10 Å². The number of amides is 1. The molecule has 33 heavy (non-hydrogen) atoms. The second-order valence-electron chi connectivity index (χ2n) is 8.47. The maximum absolute atomic E-state index is 12.6. The Bertz CT molecular complexity index is 1040. The zero-order valence-corrected chi connectivity index (χ0v) is 19.0. The van der Waals surface area contributed by atoms with Gasteiger partial charge in [-0.3, -0.25) is 9.59 Å². The fraction of sp³-hybridized carbons (Fsp3) is 0.440. The largest absolute Gasteiger partial charge is 0.438 e. The van der Waals surface area contributed by atoms with Crippen molar-refractivity contribution in [2.24, 2.45) is 5.92 Å². The summed E-state index contributed by atoms with van der Waals surface area (Å²) >= 11 is 0. The molecule has 3 heterocycles. The number of unbranched alkanes of at least 4 members (excludes halogenated alkanes) is 2. The van der Waals surface area contributed by atoms with E-state index in [-0.39, 0.29) is 17.9 Å². The van der Waals surface area contributed by atoms with Crippen molar-refractivity contribution in [2.45, 2.75) is 51.5 Å². The minimum atomic E-state index is -0.280. The molecule has 1 aliphatic rings. The third-order valence-electron chi connectivity index (χ3n) is 6.05. The van der Waals surface area contributed by atoms with Crippen LogP contribution in [-0.2, 0) is 9.59 Å². The topological polar surface area (TPSA) is 102 Å². The van der Waals surface area contributed by atoms with Gasteiger partial charge in [0, 0.05) is 43.9 Å². The van der Waals surface area contributed by atoms with Gasteiger partial charge in [0.15, 0.2) is 5.76 Å². The molecule has 4 rings (SSSR count). The number of hydrogen-bond acceptors (Lipinski definition) is 6. The van der Waals surface area contributed by atoms with E-state index >= 15 is 0 Å². The molecule has 174 valence electrons. The highest BCUT2D eigenvalue weighted by atomic mass is 16.4. The van der Waals surface area contributed by atoms with Crippen molar-refractivity contribution >= 4 is 11.7 Å². The van der Waals surface area contributed by atoms with E-state index in [1.165, 1.54) is 0 Å². The number of carbonyl (C=O) groups is 2. The number of nitrogens with zero attached hydrogens (tertiary/aromatic N) is 3. The van der Waals surface area contributed by atoms with E-state index < -0.39 is 0 Å². The molecule has 0 bridgehead atoms. The number of ketones is 1. The van der Waals surface area contributed by atoms with Gasteiger partial charge in [-0.15, -0.1) is 0 Å². The molecule has 1 atom stereocenters. The summed E-state index contributed by atoms with van der Waals surface area (Å²) in [4.78, 5) is 28.6. The quantitative estimate of drug-likeness (QED) is 0.408. The highest BCUT2D eigenvalue weighted by Crippen LogP contribution is 2.27. The Balaban J connectivity index is 1.41. The first-order valence-corrected chi connectivity index (χ1v) is 11.7. The maximum atomic E-state index is 12.6. The van der Waals surface area contributed by atoms with Crippen LogP contribution in [0.5, 0.6) is 0 Å². The number of hydrogen-bond donors (Lipinski definition) is 2. The summed E-state index contributed by atoms with van der Waals surface area (Å²) in [6.07, 6.45) is 9.99. The third kappa shape index (κ3) is 5.96. The minimum Gasteiger partial charge on any atom is -0.438 e. The van der Waals surface area contributed by atoms with Crippen LogP contribution in [0.1, 0.15) is 57.4 Å². The average Bonchev–Trinajstić information content (AvgIpc) is 3.49. The fourth-order valence-electron chi connectivity index (χ4n) is 3.83. The Morgan fingerprint density at radius 2 is 2.03 bits per heavy atom. The number of carbonyl (C=O) groups excluding carboxylic acids is 2. The number of nitrogens with one attached hydrogen (secondary N) is 2. The predicted octanol–water partition coefficient (Wildman–Crippen LogP) is 3.83. The van der Waals surface area contributed by atoms with Gasteiger partial charge in [0.2, 0.25) is 11.8 Å². The van der Waals surface area contributed by atoms with E-state index in [4.69, 9.17) is 4.42 Å². The van der Waals surface area contributed by atoms with Crippen LogP contribution in [-0.4, -0.2) is 39.5 Å². The van der Waals surface area contributed by atoms with E-state index in [1.54, 1.807) is 17.1 Å². The molecule has 1 unspecified atom stereocenters. The Morgan fingerprint density at radius 1 is 1.21 bits per heavy atom. The lowest BCUT2D eigenvalue weighted by molar-refractivity contribution is -0.127. The van der Waals surface area contributed by atoms with Gasteiger partial charge >= 0.3 is 0 Å². The highest BCUT2D eigenvalue weighted by molar-refractivity contribution is 5.80.